The van der Waals surface area contributed by atoms with Crippen molar-refractivity contribution in [2.45, 2.75) is 64.3 Å². The van der Waals surface area contributed by atoms with E-state index in [9.17, 15) is 0 Å². The Balaban J connectivity index is 2.08. The molecular weight excluding hydrogens is 210 g/mol. The quantitative estimate of drug-likeness (QED) is 0.699. The van der Waals surface area contributed by atoms with Crippen molar-refractivity contribution < 1.29 is 4.74 Å². The fraction of sp³-hybridized carbons (Fsp3) is 1.00. The van der Waals surface area contributed by atoms with Crippen LogP contribution in [-0.2, 0) is 4.74 Å². The van der Waals surface area contributed by atoms with Gasteiger partial charge in [0, 0.05) is 18.6 Å². The summed E-state index contributed by atoms with van der Waals surface area (Å²) < 4.78 is 5.53. The molecule has 2 nitrogen and oxygen atoms in total. The first-order valence-electron chi connectivity index (χ1n) is 7.56. The van der Waals surface area contributed by atoms with Crippen LogP contribution in [0.5, 0.6) is 0 Å². The predicted molar refractivity (Wildman–Crippen MR) is 72.3 cm³/mol. The van der Waals surface area contributed by atoms with Gasteiger partial charge >= 0.3 is 0 Å². The SMILES string of the molecule is CC(C)CC1(N2CCOCC2)CCCCCC1. The molecule has 2 heteroatoms. The lowest BCUT2D eigenvalue weighted by molar-refractivity contribution is -0.0372. The number of ether oxygens (including phenoxy) is 1. The summed E-state index contributed by atoms with van der Waals surface area (Å²) in [5, 5.41) is 0. The Morgan fingerprint density at radius 2 is 1.59 bits per heavy atom. The van der Waals surface area contributed by atoms with Crippen LogP contribution >= 0.6 is 0 Å². The minimum atomic E-state index is 0.508. The summed E-state index contributed by atoms with van der Waals surface area (Å²) in [6.45, 7) is 8.97. The van der Waals surface area contributed by atoms with E-state index in [4.69, 9.17) is 4.74 Å². The van der Waals surface area contributed by atoms with Crippen molar-refractivity contribution >= 4 is 0 Å². The van der Waals surface area contributed by atoms with Crippen LogP contribution in [0.2, 0.25) is 0 Å². The summed E-state index contributed by atoms with van der Waals surface area (Å²) >= 11 is 0. The highest BCUT2D eigenvalue weighted by Crippen LogP contribution is 2.38. The van der Waals surface area contributed by atoms with Crippen LogP contribution in [0, 0.1) is 5.92 Å². The van der Waals surface area contributed by atoms with Crippen LogP contribution in [0.4, 0.5) is 0 Å². The zero-order chi connectivity index (χ0) is 12.1. The summed E-state index contributed by atoms with van der Waals surface area (Å²) in [6, 6.07) is 0. The lowest BCUT2D eigenvalue weighted by Gasteiger charge is -2.47. The smallest absolute Gasteiger partial charge is 0.0594 e. The fourth-order valence-electron chi connectivity index (χ4n) is 3.83. The molecule has 1 aliphatic carbocycles. The fourth-order valence-corrected chi connectivity index (χ4v) is 3.83. The Morgan fingerprint density at radius 3 is 2.12 bits per heavy atom. The van der Waals surface area contributed by atoms with E-state index in [1.165, 1.54) is 44.9 Å². The molecule has 1 saturated carbocycles. The first-order valence-corrected chi connectivity index (χ1v) is 7.56. The molecule has 1 aliphatic heterocycles. The van der Waals surface area contributed by atoms with Crippen LogP contribution in [-0.4, -0.2) is 36.7 Å². The Morgan fingerprint density at radius 1 is 1.00 bits per heavy atom. The largest absolute Gasteiger partial charge is 0.379 e. The van der Waals surface area contributed by atoms with E-state index in [1.807, 2.05) is 0 Å². The van der Waals surface area contributed by atoms with Gasteiger partial charge in [0.15, 0.2) is 0 Å². The molecule has 17 heavy (non-hydrogen) atoms. The van der Waals surface area contributed by atoms with E-state index in [0.29, 0.717) is 5.54 Å². The topological polar surface area (TPSA) is 12.5 Å². The average Bonchev–Trinajstić information content (AvgIpc) is 2.56. The molecule has 1 saturated heterocycles. The third kappa shape index (κ3) is 3.45. The molecule has 0 aromatic heterocycles. The number of morpholine rings is 1. The second-order valence-electron chi connectivity index (χ2n) is 6.34. The summed E-state index contributed by atoms with van der Waals surface area (Å²) in [4.78, 5) is 2.77. The molecule has 2 fully saturated rings. The Bertz CT molecular complexity index is 213. The molecule has 0 aromatic carbocycles. The molecule has 0 bridgehead atoms. The van der Waals surface area contributed by atoms with Gasteiger partial charge in [-0.25, -0.2) is 0 Å². The number of hydrogen-bond donors (Lipinski definition) is 0. The Labute approximate surface area is 107 Å². The van der Waals surface area contributed by atoms with Crippen molar-refractivity contribution in [1.29, 1.82) is 0 Å². The zero-order valence-electron chi connectivity index (χ0n) is 11.7. The van der Waals surface area contributed by atoms with Crippen molar-refractivity contribution in [3.63, 3.8) is 0 Å². The first-order chi connectivity index (χ1) is 8.23. The molecule has 0 spiro atoms. The maximum atomic E-state index is 5.53. The van der Waals surface area contributed by atoms with Gasteiger partial charge in [-0.15, -0.1) is 0 Å². The number of hydrogen-bond acceptors (Lipinski definition) is 2. The third-order valence-electron chi connectivity index (χ3n) is 4.50. The van der Waals surface area contributed by atoms with Gasteiger partial charge in [-0.3, -0.25) is 4.90 Å². The molecule has 100 valence electrons. The molecule has 1 heterocycles. The van der Waals surface area contributed by atoms with Crippen molar-refractivity contribution in [3.05, 3.63) is 0 Å². The zero-order valence-corrected chi connectivity index (χ0v) is 11.7. The van der Waals surface area contributed by atoms with Gasteiger partial charge in [-0.05, 0) is 25.2 Å². The minimum absolute atomic E-state index is 0.508. The maximum Gasteiger partial charge on any atom is 0.0594 e. The Kier molecular flexibility index (Phi) is 4.87. The van der Waals surface area contributed by atoms with Gasteiger partial charge < -0.3 is 4.74 Å². The van der Waals surface area contributed by atoms with Crippen LogP contribution in [0.25, 0.3) is 0 Å². The van der Waals surface area contributed by atoms with Crippen molar-refractivity contribution in [3.8, 4) is 0 Å². The third-order valence-corrected chi connectivity index (χ3v) is 4.50. The highest BCUT2D eigenvalue weighted by atomic mass is 16.5. The van der Waals surface area contributed by atoms with Crippen LogP contribution in [0.1, 0.15) is 58.8 Å². The minimum Gasteiger partial charge on any atom is -0.379 e. The van der Waals surface area contributed by atoms with Crippen LogP contribution < -0.4 is 0 Å². The van der Waals surface area contributed by atoms with Gasteiger partial charge in [0.2, 0.25) is 0 Å². The Hall–Kier alpha value is -0.0800. The van der Waals surface area contributed by atoms with Gasteiger partial charge in [0.1, 0.15) is 0 Å². The first kappa shape index (κ1) is 13.4. The average molecular weight is 239 g/mol. The van der Waals surface area contributed by atoms with Crippen LogP contribution in [0.3, 0.4) is 0 Å². The van der Waals surface area contributed by atoms with Crippen molar-refractivity contribution in [2.24, 2.45) is 5.92 Å². The second-order valence-corrected chi connectivity index (χ2v) is 6.34. The van der Waals surface area contributed by atoms with E-state index in [1.54, 1.807) is 0 Å². The van der Waals surface area contributed by atoms with Gasteiger partial charge in [0.25, 0.3) is 0 Å². The summed E-state index contributed by atoms with van der Waals surface area (Å²) in [6.07, 6.45) is 9.99. The second kappa shape index (κ2) is 6.19. The highest BCUT2D eigenvalue weighted by molar-refractivity contribution is 4.93. The summed E-state index contributed by atoms with van der Waals surface area (Å²) in [5.74, 6) is 0.816. The molecule has 0 atom stereocenters. The van der Waals surface area contributed by atoms with E-state index in [0.717, 1.165) is 32.2 Å². The summed E-state index contributed by atoms with van der Waals surface area (Å²) in [7, 11) is 0. The summed E-state index contributed by atoms with van der Waals surface area (Å²) in [5.41, 5.74) is 0.508. The van der Waals surface area contributed by atoms with Crippen molar-refractivity contribution in [1.82, 2.24) is 4.90 Å². The molecule has 2 aliphatic rings. The molecule has 0 radical (unpaired) electrons. The van der Waals surface area contributed by atoms with Gasteiger partial charge in [-0.1, -0.05) is 39.5 Å². The molecule has 0 amide bonds. The lowest BCUT2D eigenvalue weighted by Crippen LogP contribution is -2.53. The van der Waals surface area contributed by atoms with Gasteiger partial charge in [-0.2, -0.15) is 0 Å². The molecule has 2 rings (SSSR count). The molecule has 0 aromatic rings. The monoisotopic (exact) mass is 239 g/mol. The number of nitrogens with zero attached hydrogens (tertiary/aromatic N) is 1. The van der Waals surface area contributed by atoms with Crippen LogP contribution in [0.15, 0.2) is 0 Å². The van der Waals surface area contributed by atoms with Gasteiger partial charge in [0.05, 0.1) is 13.2 Å². The predicted octanol–water partition coefficient (Wildman–Crippen LogP) is 3.46. The van der Waals surface area contributed by atoms with E-state index in [-0.39, 0.29) is 0 Å². The van der Waals surface area contributed by atoms with Crippen molar-refractivity contribution in [2.75, 3.05) is 26.3 Å². The van der Waals surface area contributed by atoms with E-state index >= 15 is 0 Å². The molecule has 0 unspecified atom stereocenters. The van der Waals surface area contributed by atoms with E-state index < -0.39 is 0 Å². The highest BCUT2D eigenvalue weighted by Gasteiger charge is 2.37. The molecular formula is C15H29NO. The standard InChI is InChI=1S/C15H29NO/c1-14(2)13-15(7-5-3-4-6-8-15)16-9-11-17-12-10-16/h14H,3-13H2,1-2H3. The normalized spacial score (nSPS) is 27.0. The number of rotatable bonds is 3. The van der Waals surface area contributed by atoms with E-state index in [2.05, 4.69) is 18.7 Å². The maximum absolute atomic E-state index is 5.53. The lowest BCUT2D eigenvalue weighted by atomic mass is 9.80. The molecule has 0 N–H and O–H groups in total.